The van der Waals surface area contributed by atoms with Crippen LogP contribution in [0.15, 0.2) is 18.2 Å². The molecule has 8 heteroatoms. The van der Waals surface area contributed by atoms with E-state index in [9.17, 15) is 14.0 Å². The van der Waals surface area contributed by atoms with Gasteiger partial charge >= 0.3 is 0 Å². The number of carbonyl (C=O) groups excluding carboxylic acids is 2. The van der Waals surface area contributed by atoms with E-state index >= 15 is 0 Å². The molecule has 0 aliphatic carbocycles. The largest absolute Gasteiger partial charge is 0.342 e. The standard InChI is InChI=1S/C21H30ClFN4O2/c1-16(21(29)24-19-7-6-17(23)14-18(19)22)26-12-10-25(11-13-26)15-20(28)27-8-4-2-3-5-9-27/h6-7,14,16H,2-5,8-13,15H2,1H3,(H,24,29)/t16-/m0/s1. The molecular weight excluding hydrogens is 395 g/mol. The Bertz CT molecular complexity index is 717. The summed E-state index contributed by atoms with van der Waals surface area (Å²) < 4.78 is 13.2. The number of piperazine rings is 1. The highest BCUT2D eigenvalue weighted by Gasteiger charge is 2.27. The van der Waals surface area contributed by atoms with Gasteiger partial charge in [-0.3, -0.25) is 19.4 Å². The van der Waals surface area contributed by atoms with Crippen LogP contribution in [0.3, 0.4) is 0 Å². The van der Waals surface area contributed by atoms with Crippen molar-refractivity contribution in [3.05, 3.63) is 29.0 Å². The minimum atomic E-state index is -0.438. The van der Waals surface area contributed by atoms with Crippen molar-refractivity contribution in [3.63, 3.8) is 0 Å². The molecule has 2 heterocycles. The van der Waals surface area contributed by atoms with Crippen molar-refractivity contribution in [2.24, 2.45) is 0 Å². The molecule has 1 aromatic rings. The quantitative estimate of drug-likeness (QED) is 0.789. The van der Waals surface area contributed by atoms with Gasteiger partial charge in [0, 0.05) is 39.3 Å². The monoisotopic (exact) mass is 424 g/mol. The van der Waals surface area contributed by atoms with Gasteiger partial charge in [0.1, 0.15) is 5.82 Å². The van der Waals surface area contributed by atoms with Gasteiger partial charge in [-0.1, -0.05) is 24.4 Å². The topological polar surface area (TPSA) is 55.9 Å². The molecule has 2 aliphatic rings. The molecule has 0 aromatic heterocycles. The predicted molar refractivity (Wildman–Crippen MR) is 113 cm³/mol. The number of carbonyl (C=O) groups is 2. The van der Waals surface area contributed by atoms with Crippen molar-refractivity contribution in [3.8, 4) is 0 Å². The third-order valence-corrected chi connectivity index (χ3v) is 6.15. The summed E-state index contributed by atoms with van der Waals surface area (Å²) in [5.41, 5.74) is 0.409. The highest BCUT2D eigenvalue weighted by atomic mass is 35.5. The molecule has 29 heavy (non-hydrogen) atoms. The van der Waals surface area contributed by atoms with Crippen LogP contribution in [0.5, 0.6) is 0 Å². The maximum Gasteiger partial charge on any atom is 0.241 e. The predicted octanol–water partition coefficient (Wildman–Crippen LogP) is 2.83. The number of amides is 2. The number of anilines is 1. The van der Waals surface area contributed by atoms with E-state index in [2.05, 4.69) is 15.1 Å². The lowest BCUT2D eigenvalue weighted by atomic mass is 10.2. The molecule has 6 nitrogen and oxygen atoms in total. The molecule has 160 valence electrons. The average molecular weight is 425 g/mol. The molecule has 2 fully saturated rings. The maximum atomic E-state index is 13.2. The summed E-state index contributed by atoms with van der Waals surface area (Å²) in [4.78, 5) is 31.4. The van der Waals surface area contributed by atoms with E-state index in [0.717, 1.165) is 52.1 Å². The number of nitrogens with one attached hydrogen (secondary N) is 1. The van der Waals surface area contributed by atoms with Crippen LogP contribution >= 0.6 is 11.6 Å². The molecule has 0 radical (unpaired) electrons. The summed E-state index contributed by atoms with van der Waals surface area (Å²) in [5.74, 6) is -0.392. The van der Waals surface area contributed by atoms with Gasteiger partial charge in [0.05, 0.1) is 23.3 Å². The third-order valence-electron chi connectivity index (χ3n) is 5.84. The zero-order valence-corrected chi connectivity index (χ0v) is 17.8. The van der Waals surface area contributed by atoms with E-state index in [-0.39, 0.29) is 22.9 Å². The van der Waals surface area contributed by atoms with E-state index in [0.29, 0.717) is 12.2 Å². The highest BCUT2D eigenvalue weighted by molar-refractivity contribution is 6.33. The van der Waals surface area contributed by atoms with E-state index in [1.807, 2.05) is 11.8 Å². The summed E-state index contributed by atoms with van der Waals surface area (Å²) in [6.07, 6.45) is 4.63. The van der Waals surface area contributed by atoms with Gasteiger partial charge in [-0.25, -0.2) is 4.39 Å². The summed E-state index contributed by atoms with van der Waals surface area (Å²) in [6.45, 7) is 7.02. The van der Waals surface area contributed by atoms with Crippen molar-refractivity contribution < 1.29 is 14.0 Å². The van der Waals surface area contributed by atoms with Gasteiger partial charge < -0.3 is 10.2 Å². The van der Waals surface area contributed by atoms with Gasteiger partial charge in [0.25, 0.3) is 0 Å². The molecule has 0 unspecified atom stereocenters. The van der Waals surface area contributed by atoms with Crippen molar-refractivity contribution >= 4 is 29.1 Å². The lowest BCUT2D eigenvalue weighted by Gasteiger charge is -2.37. The van der Waals surface area contributed by atoms with Gasteiger partial charge in [-0.2, -0.15) is 0 Å². The Morgan fingerprint density at radius 3 is 2.34 bits per heavy atom. The second-order valence-electron chi connectivity index (χ2n) is 7.90. The normalized spacial score (nSPS) is 20.2. The second-order valence-corrected chi connectivity index (χ2v) is 8.30. The van der Waals surface area contributed by atoms with Crippen LogP contribution in [0.2, 0.25) is 5.02 Å². The lowest BCUT2D eigenvalue weighted by Crippen LogP contribution is -2.54. The fourth-order valence-corrected chi connectivity index (χ4v) is 4.13. The van der Waals surface area contributed by atoms with Crippen LogP contribution in [-0.4, -0.2) is 78.4 Å². The number of hydrogen-bond acceptors (Lipinski definition) is 4. The van der Waals surface area contributed by atoms with Crippen LogP contribution in [-0.2, 0) is 9.59 Å². The molecule has 3 rings (SSSR count). The van der Waals surface area contributed by atoms with E-state index in [4.69, 9.17) is 11.6 Å². The third kappa shape index (κ3) is 6.14. The Hall–Kier alpha value is -1.70. The van der Waals surface area contributed by atoms with Crippen LogP contribution < -0.4 is 5.32 Å². The zero-order valence-electron chi connectivity index (χ0n) is 17.0. The van der Waals surface area contributed by atoms with Gasteiger partial charge in [0.15, 0.2) is 0 Å². The first kappa shape index (κ1) is 22.0. The number of halogens is 2. The Kier molecular flexibility index (Phi) is 7.86. The first-order chi connectivity index (χ1) is 13.9. The summed E-state index contributed by atoms with van der Waals surface area (Å²) in [7, 11) is 0. The molecule has 2 saturated heterocycles. The Morgan fingerprint density at radius 1 is 1.07 bits per heavy atom. The molecular formula is C21H30ClFN4O2. The second kappa shape index (κ2) is 10.4. The van der Waals surface area contributed by atoms with Crippen LogP contribution in [0.25, 0.3) is 0 Å². The van der Waals surface area contributed by atoms with Gasteiger partial charge in [0.2, 0.25) is 11.8 Å². The zero-order chi connectivity index (χ0) is 20.8. The first-order valence-electron chi connectivity index (χ1n) is 10.4. The summed E-state index contributed by atoms with van der Waals surface area (Å²) >= 11 is 5.99. The lowest BCUT2D eigenvalue weighted by molar-refractivity contribution is -0.133. The molecule has 1 aromatic carbocycles. The minimum Gasteiger partial charge on any atom is -0.342 e. The van der Waals surface area contributed by atoms with Crippen LogP contribution in [0, 0.1) is 5.82 Å². The van der Waals surface area contributed by atoms with Crippen molar-refractivity contribution in [2.45, 2.75) is 38.6 Å². The molecule has 1 N–H and O–H groups in total. The van der Waals surface area contributed by atoms with E-state index < -0.39 is 5.82 Å². The summed E-state index contributed by atoms with van der Waals surface area (Å²) in [5, 5.41) is 2.96. The molecule has 2 amide bonds. The molecule has 0 bridgehead atoms. The summed E-state index contributed by atoms with van der Waals surface area (Å²) in [6, 6.07) is 3.59. The van der Waals surface area contributed by atoms with Gasteiger partial charge in [-0.05, 0) is 38.0 Å². The minimum absolute atomic E-state index is 0.174. The first-order valence-corrected chi connectivity index (χ1v) is 10.8. The maximum absolute atomic E-state index is 13.2. The number of hydrogen-bond donors (Lipinski definition) is 1. The van der Waals surface area contributed by atoms with Crippen LogP contribution in [0.1, 0.15) is 32.6 Å². The number of rotatable bonds is 5. The Labute approximate surface area is 177 Å². The highest BCUT2D eigenvalue weighted by Crippen LogP contribution is 2.23. The SMILES string of the molecule is C[C@@H](C(=O)Nc1ccc(F)cc1Cl)N1CCN(CC(=O)N2CCCCCC2)CC1. The van der Waals surface area contributed by atoms with E-state index in [1.165, 1.54) is 31.0 Å². The van der Waals surface area contributed by atoms with Crippen LogP contribution in [0.4, 0.5) is 10.1 Å². The Morgan fingerprint density at radius 2 is 1.72 bits per heavy atom. The number of nitrogens with zero attached hydrogens (tertiary/aromatic N) is 3. The molecule has 1 atom stereocenters. The van der Waals surface area contributed by atoms with Crippen molar-refractivity contribution in [2.75, 3.05) is 51.1 Å². The van der Waals surface area contributed by atoms with Crippen molar-refractivity contribution in [1.29, 1.82) is 0 Å². The average Bonchev–Trinajstić information content (AvgIpc) is 3.00. The molecule has 2 aliphatic heterocycles. The van der Waals surface area contributed by atoms with Crippen molar-refractivity contribution in [1.82, 2.24) is 14.7 Å². The Balaban J connectivity index is 1.45. The molecule has 0 spiro atoms. The van der Waals surface area contributed by atoms with Gasteiger partial charge in [-0.15, -0.1) is 0 Å². The molecule has 0 saturated carbocycles. The van der Waals surface area contributed by atoms with E-state index in [1.54, 1.807) is 0 Å². The smallest absolute Gasteiger partial charge is 0.241 e. The fraction of sp³-hybridized carbons (Fsp3) is 0.619. The fourth-order valence-electron chi connectivity index (χ4n) is 3.91. The number of likely N-dealkylation sites (tertiary alicyclic amines) is 1. The number of benzene rings is 1.